The van der Waals surface area contributed by atoms with Gasteiger partial charge < -0.3 is 10.3 Å². The summed E-state index contributed by atoms with van der Waals surface area (Å²) in [6, 6.07) is 9.25. The second-order valence-corrected chi connectivity index (χ2v) is 8.13. The van der Waals surface area contributed by atoms with Gasteiger partial charge in [0.15, 0.2) is 5.82 Å². The highest BCUT2D eigenvalue weighted by atomic mass is 16.5. The van der Waals surface area contributed by atoms with E-state index in [0.29, 0.717) is 6.04 Å². The van der Waals surface area contributed by atoms with Crippen LogP contribution in [0.15, 0.2) is 28.8 Å². The van der Waals surface area contributed by atoms with E-state index in [1.54, 1.807) is 0 Å². The molecule has 1 aromatic carbocycles. The molecule has 1 aromatic heterocycles. The Morgan fingerprint density at radius 2 is 1.81 bits per heavy atom. The summed E-state index contributed by atoms with van der Waals surface area (Å²) < 4.78 is 5.68. The number of piperidine rings is 1. The van der Waals surface area contributed by atoms with Crippen molar-refractivity contribution >= 4 is 0 Å². The summed E-state index contributed by atoms with van der Waals surface area (Å²) in [6.45, 7) is 4.90. The predicted molar refractivity (Wildman–Crippen MR) is 102 cm³/mol. The molecule has 26 heavy (non-hydrogen) atoms. The molecule has 140 valence electrons. The number of likely N-dealkylation sites (tertiary alicyclic amines) is 1. The zero-order valence-corrected chi connectivity index (χ0v) is 15.8. The van der Waals surface area contributed by atoms with Crippen molar-refractivity contribution in [2.75, 3.05) is 13.1 Å². The van der Waals surface area contributed by atoms with Crippen LogP contribution in [0.25, 0.3) is 0 Å². The lowest BCUT2D eigenvalue weighted by molar-refractivity contribution is 0.181. The molecule has 0 bridgehead atoms. The first-order valence-electron chi connectivity index (χ1n) is 10.0. The molecule has 0 amide bonds. The maximum atomic E-state index is 6.01. The highest BCUT2D eigenvalue weighted by molar-refractivity contribution is 5.35. The summed E-state index contributed by atoms with van der Waals surface area (Å²) in [5.74, 6) is 1.62. The number of benzene rings is 1. The summed E-state index contributed by atoms with van der Waals surface area (Å²) >= 11 is 0. The van der Waals surface area contributed by atoms with Gasteiger partial charge in [0.2, 0.25) is 5.89 Å². The zero-order chi connectivity index (χ0) is 18.0. The second kappa shape index (κ2) is 7.49. The van der Waals surface area contributed by atoms with Crippen molar-refractivity contribution in [3.05, 3.63) is 47.1 Å². The average molecular weight is 354 g/mol. The van der Waals surface area contributed by atoms with Crippen LogP contribution < -0.4 is 5.73 Å². The highest BCUT2D eigenvalue weighted by Crippen LogP contribution is 2.43. The Balaban J connectivity index is 1.57. The molecule has 1 saturated carbocycles. The van der Waals surface area contributed by atoms with Crippen LogP contribution in [0.5, 0.6) is 0 Å². The zero-order valence-electron chi connectivity index (χ0n) is 15.8. The minimum atomic E-state index is -0.0854. The number of hydrogen-bond donors (Lipinski definition) is 1. The van der Waals surface area contributed by atoms with E-state index in [-0.39, 0.29) is 5.41 Å². The first-order valence-corrected chi connectivity index (χ1v) is 10.0. The van der Waals surface area contributed by atoms with Crippen molar-refractivity contribution in [2.45, 2.75) is 69.9 Å². The summed E-state index contributed by atoms with van der Waals surface area (Å²) in [7, 11) is 0. The number of nitrogens with two attached hydrogens (primary N) is 1. The van der Waals surface area contributed by atoms with Crippen LogP contribution in [0.2, 0.25) is 0 Å². The molecule has 5 nitrogen and oxygen atoms in total. The summed E-state index contributed by atoms with van der Waals surface area (Å²) in [4.78, 5) is 7.24. The van der Waals surface area contributed by atoms with Gasteiger partial charge in [-0.3, -0.25) is 4.90 Å². The first-order chi connectivity index (χ1) is 12.7. The molecule has 5 heteroatoms. The molecular formula is C21H30N4O. The number of aryl methyl sites for hydroxylation is 1. The maximum Gasteiger partial charge on any atom is 0.240 e. The predicted octanol–water partition coefficient (Wildman–Crippen LogP) is 3.55. The lowest BCUT2D eigenvalue weighted by Gasteiger charge is -2.35. The van der Waals surface area contributed by atoms with E-state index in [2.05, 4.69) is 41.2 Å². The van der Waals surface area contributed by atoms with Gasteiger partial charge in [-0.1, -0.05) is 54.2 Å². The van der Waals surface area contributed by atoms with Crippen LogP contribution in [0, 0.1) is 6.92 Å². The van der Waals surface area contributed by atoms with Crippen LogP contribution in [-0.4, -0.2) is 34.2 Å². The Bertz CT molecular complexity index is 710. The van der Waals surface area contributed by atoms with Crippen molar-refractivity contribution < 1.29 is 4.52 Å². The fraction of sp³-hybridized carbons (Fsp3) is 0.619. The number of hydrogen-bond acceptors (Lipinski definition) is 5. The molecule has 2 fully saturated rings. The molecule has 2 aliphatic rings. The van der Waals surface area contributed by atoms with E-state index in [1.807, 2.05) is 0 Å². The van der Waals surface area contributed by atoms with Crippen molar-refractivity contribution in [1.82, 2.24) is 15.0 Å². The molecule has 1 saturated heterocycles. The Morgan fingerprint density at radius 3 is 2.50 bits per heavy atom. The molecule has 0 unspecified atom stereocenters. The Labute approximate surface area is 156 Å². The first kappa shape index (κ1) is 17.7. The Morgan fingerprint density at radius 1 is 1.12 bits per heavy atom. The van der Waals surface area contributed by atoms with Gasteiger partial charge in [0.1, 0.15) is 0 Å². The van der Waals surface area contributed by atoms with Crippen molar-refractivity contribution in [3.63, 3.8) is 0 Å². The standard InChI is InChI=1S/C21H30N4O/c1-16-5-7-17(8-6-16)21(11-3-2-4-12-21)20-23-19(26-24-20)15-25-13-9-18(22)10-14-25/h5-8,18H,2-4,9-15,22H2,1H3. The van der Waals surface area contributed by atoms with Gasteiger partial charge >= 0.3 is 0 Å². The van der Waals surface area contributed by atoms with Gasteiger partial charge in [0.05, 0.1) is 12.0 Å². The Hall–Kier alpha value is -1.72. The smallest absolute Gasteiger partial charge is 0.240 e. The highest BCUT2D eigenvalue weighted by Gasteiger charge is 2.40. The topological polar surface area (TPSA) is 68.2 Å². The van der Waals surface area contributed by atoms with Crippen LogP contribution in [-0.2, 0) is 12.0 Å². The summed E-state index contributed by atoms with van der Waals surface area (Å²) in [5.41, 5.74) is 8.54. The SMILES string of the molecule is Cc1ccc(C2(c3noc(CN4CCC(N)CC4)n3)CCCCC2)cc1. The van der Waals surface area contributed by atoms with Crippen molar-refractivity contribution in [2.24, 2.45) is 5.73 Å². The number of nitrogens with zero attached hydrogens (tertiary/aromatic N) is 3. The van der Waals surface area contributed by atoms with Crippen molar-refractivity contribution in [1.29, 1.82) is 0 Å². The fourth-order valence-electron chi connectivity index (χ4n) is 4.49. The quantitative estimate of drug-likeness (QED) is 0.909. The van der Waals surface area contributed by atoms with Crippen LogP contribution in [0.4, 0.5) is 0 Å². The fourth-order valence-corrected chi connectivity index (χ4v) is 4.49. The van der Waals surface area contributed by atoms with Crippen LogP contribution in [0.3, 0.4) is 0 Å². The van der Waals surface area contributed by atoms with E-state index >= 15 is 0 Å². The van der Waals surface area contributed by atoms with Gasteiger partial charge in [-0.05, 0) is 38.2 Å². The van der Waals surface area contributed by atoms with Gasteiger partial charge in [0.25, 0.3) is 0 Å². The lowest BCUT2D eigenvalue weighted by atomic mass is 9.69. The Kier molecular flexibility index (Phi) is 5.09. The molecule has 2 heterocycles. The van der Waals surface area contributed by atoms with E-state index in [4.69, 9.17) is 15.2 Å². The average Bonchev–Trinajstić information content (AvgIpc) is 3.14. The largest absolute Gasteiger partial charge is 0.338 e. The van der Waals surface area contributed by atoms with Gasteiger partial charge in [-0.15, -0.1) is 0 Å². The molecule has 0 radical (unpaired) electrons. The summed E-state index contributed by atoms with van der Waals surface area (Å²) in [5, 5.41) is 4.45. The lowest BCUT2D eigenvalue weighted by Crippen LogP contribution is -2.39. The van der Waals surface area contributed by atoms with Gasteiger partial charge in [0, 0.05) is 19.1 Å². The minimum Gasteiger partial charge on any atom is -0.338 e. The number of rotatable bonds is 4. The van der Waals surface area contributed by atoms with Gasteiger partial charge in [-0.25, -0.2) is 0 Å². The van der Waals surface area contributed by atoms with E-state index in [0.717, 1.165) is 57.0 Å². The third-order valence-electron chi connectivity index (χ3n) is 6.20. The molecule has 0 atom stereocenters. The molecule has 1 aliphatic carbocycles. The van der Waals surface area contributed by atoms with Crippen LogP contribution >= 0.6 is 0 Å². The molecule has 2 aromatic rings. The molecule has 2 N–H and O–H groups in total. The van der Waals surface area contributed by atoms with E-state index in [9.17, 15) is 0 Å². The number of aromatic nitrogens is 2. The maximum absolute atomic E-state index is 6.01. The minimum absolute atomic E-state index is 0.0854. The third-order valence-corrected chi connectivity index (χ3v) is 6.20. The summed E-state index contributed by atoms with van der Waals surface area (Å²) in [6.07, 6.45) is 8.06. The monoisotopic (exact) mass is 354 g/mol. The van der Waals surface area contributed by atoms with E-state index < -0.39 is 0 Å². The molecule has 4 rings (SSSR count). The molecule has 0 spiro atoms. The van der Waals surface area contributed by atoms with Gasteiger partial charge in [-0.2, -0.15) is 4.98 Å². The van der Waals surface area contributed by atoms with Crippen molar-refractivity contribution in [3.8, 4) is 0 Å². The molecular weight excluding hydrogens is 324 g/mol. The molecule has 1 aliphatic heterocycles. The second-order valence-electron chi connectivity index (χ2n) is 8.13. The normalized spacial score (nSPS) is 21.8. The van der Waals surface area contributed by atoms with Crippen LogP contribution in [0.1, 0.15) is 67.8 Å². The van der Waals surface area contributed by atoms with E-state index in [1.165, 1.54) is 30.4 Å². The third kappa shape index (κ3) is 3.55.